The lowest BCUT2D eigenvalue weighted by atomic mass is 9.86. The monoisotopic (exact) mass is 220 g/mol. The molecule has 0 N–H and O–H groups in total. The van der Waals surface area contributed by atoms with Crippen molar-refractivity contribution in [1.82, 2.24) is 0 Å². The molecule has 0 nitrogen and oxygen atoms in total. The molecule has 68 valence electrons. The third kappa shape index (κ3) is 4.84. The summed E-state index contributed by atoms with van der Waals surface area (Å²) in [7, 11) is 0. The normalized spacial score (nSPS) is 16.4. The Balaban J connectivity index is 3.61. The first-order chi connectivity index (χ1) is 5.26. The van der Waals surface area contributed by atoms with Crippen molar-refractivity contribution in [3.8, 4) is 0 Å². The molecule has 0 aromatic carbocycles. The van der Waals surface area contributed by atoms with Gasteiger partial charge in [-0.2, -0.15) is 0 Å². The topological polar surface area (TPSA) is 0 Å². The number of rotatable bonds is 6. The van der Waals surface area contributed by atoms with Gasteiger partial charge < -0.3 is 0 Å². The van der Waals surface area contributed by atoms with Crippen molar-refractivity contribution in [1.29, 1.82) is 0 Å². The second-order valence-electron chi connectivity index (χ2n) is 3.41. The van der Waals surface area contributed by atoms with Gasteiger partial charge in [-0.1, -0.05) is 56.0 Å². The number of hydrogen-bond donors (Lipinski definition) is 0. The van der Waals surface area contributed by atoms with Crippen molar-refractivity contribution in [2.75, 3.05) is 5.33 Å². The van der Waals surface area contributed by atoms with Crippen molar-refractivity contribution in [2.45, 2.75) is 46.5 Å². The summed E-state index contributed by atoms with van der Waals surface area (Å²) in [6.45, 7) is 6.97. The Hall–Kier alpha value is 0.480. The largest absolute Gasteiger partial charge is 0.0928 e. The quantitative estimate of drug-likeness (QED) is 0.588. The summed E-state index contributed by atoms with van der Waals surface area (Å²) < 4.78 is 0. The van der Waals surface area contributed by atoms with Gasteiger partial charge in [-0.3, -0.25) is 0 Å². The Morgan fingerprint density at radius 3 is 2.18 bits per heavy atom. The van der Waals surface area contributed by atoms with Crippen LogP contribution in [0.5, 0.6) is 0 Å². The van der Waals surface area contributed by atoms with E-state index in [0.29, 0.717) is 0 Å². The van der Waals surface area contributed by atoms with Crippen molar-refractivity contribution < 1.29 is 0 Å². The SMILES string of the molecule is CCCC(CC)C(C)CCBr. The zero-order chi connectivity index (χ0) is 8.69. The molecular weight excluding hydrogens is 200 g/mol. The van der Waals surface area contributed by atoms with E-state index >= 15 is 0 Å². The minimum atomic E-state index is 0.902. The maximum atomic E-state index is 3.50. The van der Waals surface area contributed by atoms with Crippen molar-refractivity contribution in [3.63, 3.8) is 0 Å². The van der Waals surface area contributed by atoms with Gasteiger partial charge in [0.2, 0.25) is 0 Å². The van der Waals surface area contributed by atoms with Gasteiger partial charge in [0.1, 0.15) is 0 Å². The Morgan fingerprint density at radius 1 is 1.18 bits per heavy atom. The lowest BCUT2D eigenvalue weighted by Gasteiger charge is -2.21. The maximum absolute atomic E-state index is 3.50. The molecule has 1 heteroatoms. The molecule has 0 rings (SSSR count). The average Bonchev–Trinajstić information content (AvgIpc) is 2.00. The molecule has 0 saturated carbocycles. The molecule has 0 radical (unpaired) electrons. The summed E-state index contributed by atoms with van der Waals surface area (Å²) >= 11 is 3.50. The molecule has 0 heterocycles. The Morgan fingerprint density at radius 2 is 1.82 bits per heavy atom. The number of halogens is 1. The minimum Gasteiger partial charge on any atom is -0.0928 e. The molecule has 2 atom stereocenters. The molecule has 0 bridgehead atoms. The highest BCUT2D eigenvalue weighted by Crippen LogP contribution is 2.24. The Bertz CT molecular complexity index is 80.9. The summed E-state index contributed by atoms with van der Waals surface area (Å²) in [5.41, 5.74) is 0. The van der Waals surface area contributed by atoms with Gasteiger partial charge in [-0.05, 0) is 18.3 Å². The van der Waals surface area contributed by atoms with Gasteiger partial charge in [0.05, 0.1) is 0 Å². The highest BCUT2D eigenvalue weighted by Gasteiger charge is 2.12. The molecule has 0 saturated heterocycles. The van der Waals surface area contributed by atoms with E-state index in [1.165, 1.54) is 25.7 Å². The van der Waals surface area contributed by atoms with Crippen LogP contribution in [0.1, 0.15) is 46.5 Å². The smallest absolute Gasteiger partial charge is 0.00339 e. The van der Waals surface area contributed by atoms with Gasteiger partial charge in [0.15, 0.2) is 0 Å². The molecule has 11 heavy (non-hydrogen) atoms. The third-order valence-corrected chi connectivity index (χ3v) is 3.01. The van der Waals surface area contributed by atoms with Crippen LogP contribution in [0.25, 0.3) is 0 Å². The fourth-order valence-corrected chi connectivity index (χ4v) is 2.39. The van der Waals surface area contributed by atoms with Gasteiger partial charge in [0, 0.05) is 5.33 Å². The summed E-state index contributed by atoms with van der Waals surface area (Å²) in [4.78, 5) is 0. The maximum Gasteiger partial charge on any atom is 0.00339 e. The van der Waals surface area contributed by atoms with Crippen LogP contribution in [0.4, 0.5) is 0 Å². The van der Waals surface area contributed by atoms with E-state index in [-0.39, 0.29) is 0 Å². The van der Waals surface area contributed by atoms with Crippen molar-refractivity contribution in [2.24, 2.45) is 11.8 Å². The highest BCUT2D eigenvalue weighted by atomic mass is 79.9. The molecule has 0 spiro atoms. The van der Waals surface area contributed by atoms with Crippen LogP contribution in [0.3, 0.4) is 0 Å². The van der Waals surface area contributed by atoms with Crippen LogP contribution in [-0.2, 0) is 0 Å². The minimum absolute atomic E-state index is 0.902. The lowest BCUT2D eigenvalue weighted by Crippen LogP contribution is -2.10. The first-order valence-electron chi connectivity index (χ1n) is 4.82. The predicted octanol–water partition coefficient (Wildman–Crippen LogP) is 4.23. The third-order valence-electron chi connectivity index (χ3n) is 2.55. The first-order valence-corrected chi connectivity index (χ1v) is 5.94. The average molecular weight is 221 g/mol. The second-order valence-corrected chi connectivity index (χ2v) is 4.20. The second kappa shape index (κ2) is 7.15. The van der Waals surface area contributed by atoms with Gasteiger partial charge in [-0.15, -0.1) is 0 Å². The van der Waals surface area contributed by atoms with Crippen molar-refractivity contribution in [3.05, 3.63) is 0 Å². The fourth-order valence-electron chi connectivity index (χ4n) is 1.67. The van der Waals surface area contributed by atoms with Gasteiger partial charge in [0.25, 0.3) is 0 Å². The highest BCUT2D eigenvalue weighted by molar-refractivity contribution is 9.09. The molecule has 0 aliphatic rings. The molecule has 0 aliphatic carbocycles. The molecule has 0 aromatic rings. The molecule has 0 aromatic heterocycles. The van der Waals surface area contributed by atoms with E-state index in [1.54, 1.807) is 0 Å². The van der Waals surface area contributed by atoms with Crippen LogP contribution in [0.2, 0.25) is 0 Å². The number of alkyl halides is 1. The number of hydrogen-bond acceptors (Lipinski definition) is 0. The molecule has 2 unspecified atom stereocenters. The zero-order valence-corrected chi connectivity index (χ0v) is 9.65. The molecular formula is C10H21Br. The van der Waals surface area contributed by atoms with E-state index in [9.17, 15) is 0 Å². The summed E-state index contributed by atoms with van der Waals surface area (Å²) in [5.74, 6) is 1.86. The zero-order valence-electron chi connectivity index (χ0n) is 8.07. The van der Waals surface area contributed by atoms with E-state index in [1.807, 2.05) is 0 Å². The standard InChI is InChI=1S/C10H21Br/c1-4-6-10(5-2)9(3)7-8-11/h9-10H,4-8H2,1-3H3. The van der Waals surface area contributed by atoms with Gasteiger partial charge in [-0.25, -0.2) is 0 Å². The predicted molar refractivity (Wildman–Crippen MR) is 56.3 cm³/mol. The van der Waals surface area contributed by atoms with Crippen LogP contribution in [0, 0.1) is 11.8 Å². The molecule has 0 amide bonds. The van der Waals surface area contributed by atoms with Gasteiger partial charge >= 0.3 is 0 Å². The van der Waals surface area contributed by atoms with Crippen LogP contribution < -0.4 is 0 Å². The summed E-state index contributed by atoms with van der Waals surface area (Å²) in [6, 6.07) is 0. The molecule has 0 fully saturated rings. The van der Waals surface area contributed by atoms with E-state index in [4.69, 9.17) is 0 Å². The fraction of sp³-hybridized carbons (Fsp3) is 1.00. The summed E-state index contributed by atoms with van der Waals surface area (Å²) in [6.07, 6.45) is 5.43. The van der Waals surface area contributed by atoms with Crippen LogP contribution in [-0.4, -0.2) is 5.33 Å². The lowest BCUT2D eigenvalue weighted by molar-refractivity contribution is 0.317. The van der Waals surface area contributed by atoms with Crippen LogP contribution >= 0.6 is 15.9 Å². The van der Waals surface area contributed by atoms with E-state index in [2.05, 4.69) is 36.7 Å². The van der Waals surface area contributed by atoms with Crippen LogP contribution in [0.15, 0.2) is 0 Å². The van der Waals surface area contributed by atoms with Crippen molar-refractivity contribution >= 4 is 15.9 Å². The molecule has 0 aliphatic heterocycles. The first kappa shape index (κ1) is 11.5. The summed E-state index contributed by atoms with van der Waals surface area (Å²) in [5, 5.41) is 1.16. The van der Waals surface area contributed by atoms with E-state index in [0.717, 1.165) is 17.2 Å². The Labute approximate surface area is 79.9 Å². The Kier molecular flexibility index (Phi) is 7.46. The van der Waals surface area contributed by atoms with E-state index < -0.39 is 0 Å².